The number of ether oxygens (including phenoxy) is 1. The number of nitrogens with zero attached hydrogens (tertiary/aromatic N) is 1. The van der Waals surface area contributed by atoms with Gasteiger partial charge in [0, 0.05) is 11.8 Å². The second kappa shape index (κ2) is 4.87. The summed E-state index contributed by atoms with van der Waals surface area (Å²) in [5.41, 5.74) is 2.88. The van der Waals surface area contributed by atoms with E-state index in [1.54, 1.807) is 12.3 Å². The maximum atomic E-state index is 11.1. The summed E-state index contributed by atoms with van der Waals surface area (Å²) in [6, 6.07) is 9.34. The Kier molecular flexibility index (Phi) is 3.28. The van der Waals surface area contributed by atoms with Gasteiger partial charge in [0.25, 0.3) is 0 Å². The molecule has 92 valence electrons. The first-order valence-corrected chi connectivity index (χ1v) is 5.47. The highest BCUT2D eigenvalue weighted by atomic mass is 16.5. The number of carboxylic acids is 1. The minimum Gasteiger partial charge on any atom is -0.480 e. The summed E-state index contributed by atoms with van der Waals surface area (Å²) in [5.74, 6) is -0.922. The number of benzene rings is 1. The second-order valence-electron chi connectivity index (χ2n) is 3.90. The molecule has 0 aliphatic carbocycles. The number of aromatic nitrogens is 1. The van der Waals surface area contributed by atoms with Crippen molar-refractivity contribution in [1.29, 1.82) is 0 Å². The number of aryl methyl sites for hydroxylation is 1. The van der Waals surface area contributed by atoms with Gasteiger partial charge in [-0.1, -0.05) is 24.3 Å². The zero-order valence-corrected chi connectivity index (χ0v) is 10.2. The maximum absolute atomic E-state index is 11.1. The maximum Gasteiger partial charge on any atom is 0.341 e. The van der Waals surface area contributed by atoms with E-state index < -0.39 is 5.97 Å². The largest absolute Gasteiger partial charge is 0.480 e. The Bertz CT molecular complexity index is 593. The van der Waals surface area contributed by atoms with Gasteiger partial charge in [-0.3, -0.25) is 0 Å². The molecule has 1 aromatic heterocycles. The third-order valence-electron chi connectivity index (χ3n) is 2.73. The van der Waals surface area contributed by atoms with Gasteiger partial charge in [-0.2, -0.15) is 0 Å². The average molecular weight is 243 g/mol. The number of hydrogen-bond donors (Lipinski definition) is 1. The molecule has 0 fully saturated rings. The van der Waals surface area contributed by atoms with Crippen LogP contribution in [0.1, 0.15) is 15.9 Å². The highest BCUT2D eigenvalue weighted by Gasteiger charge is 2.14. The molecule has 1 aromatic carbocycles. The van der Waals surface area contributed by atoms with Gasteiger partial charge in [0.05, 0.1) is 7.11 Å². The van der Waals surface area contributed by atoms with Crippen LogP contribution in [0.4, 0.5) is 0 Å². The number of carbonyl (C=O) groups is 1. The molecular weight excluding hydrogens is 230 g/mol. The van der Waals surface area contributed by atoms with Gasteiger partial charge in [0.1, 0.15) is 5.56 Å². The summed E-state index contributed by atoms with van der Waals surface area (Å²) in [6.07, 6.45) is 1.62. The second-order valence-corrected chi connectivity index (χ2v) is 3.90. The third kappa shape index (κ3) is 2.18. The van der Waals surface area contributed by atoms with E-state index in [2.05, 4.69) is 4.98 Å². The molecule has 2 rings (SSSR count). The van der Waals surface area contributed by atoms with Crippen LogP contribution in [0, 0.1) is 6.92 Å². The summed E-state index contributed by atoms with van der Waals surface area (Å²) < 4.78 is 4.94. The smallest absolute Gasteiger partial charge is 0.341 e. The number of aromatic carboxylic acids is 1. The molecule has 0 radical (unpaired) electrons. The SMILES string of the molecule is COc1ncc(-c2ccccc2C)cc1C(=O)O. The number of pyridine rings is 1. The van der Waals surface area contributed by atoms with Crippen LogP contribution in [0.5, 0.6) is 5.88 Å². The fourth-order valence-corrected chi connectivity index (χ4v) is 1.81. The third-order valence-corrected chi connectivity index (χ3v) is 2.73. The molecule has 0 spiro atoms. The van der Waals surface area contributed by atoms with Gasteiger partial charge < -0.3 is 9.84 Å². The minimum absolute atomic E-state index is 0.0678. The van der Waals surface area contributed by atoms with E-state index in [-0.39, 0.29) is 11.4 Å². The van der Waals surface area contributed by atoms with Crippen molar-refractivity contribution in [2.24, 2.45) is 0 Å². The molecule has 18 heavy (non-hydrogen) atoms. The van der Waals surface area contributed by atoms with Crippen molar-refractivity contribution < 1.29 is 14.6 Å². The van der Waals surface area contributed by atoms with Gasteiger partial charge in [0.2, 0.25) is 5.88 Å². The van der Waals surface area contributed by atoms with Gasteiger partial charge in [-0.15, -0.1) is 0 Å². The Morgan fingerprint density at radius 3 is 2.67 bits per heavy atom. The van der Waals surface area contributed by atoms with E-state index in [4.69, 9.17) is 9.84 Å². The molecule has 4 nitrogen and oxygen atoms in total. The van der Waals surface area contributed by atoms with E-state index in [0.717, 1.165) is 16.7 Å². The number of methoxy groups -OCH3 is 1. The molecule has 0 aliphatic rings. The predicted octanol–water partition coefficient (Wildman–Crippen LogP) is 2.76. The Hall–Kier alpha value is -2.36. The van der Waals surface area contributed by atoms with Crippen LogP contribution >= 0.6 is 0 Å². The van der Waals surface area contributed by atoms with Crippen molar-refractivity contribution in [2.75, 3.05) is 7.11 Å². The molecule has 0 unspecified atom stereocenters. The summed E-state index contributed by atoms with van der Waals surface area (Å²) >= 11 is 0. The normalized spacial score (nSPS) is 10.1. The summed E-state index contributed by atoms with van der Waals surface area (Å²) in [7, 11) is 1.40. The average Bonchev–Trinajstić information content (AvgIpc) is 2.38. The number of hydrogen-bond acceptors (Lipinski definition) is 3. The Morgan fingerprint density at radius 2 is 2.06 bits per heavy atom. The van der Waals surface area contributed by atoms with Gasteiger partial charge >= 0.3 is 5.97 Å². The fourth-order valence-electron chi connectivity index (χ4n) is 1.81. The standard InChI is InChI=1S/C14H13NO3/c1-9-5-3-4-6-11(9)10-7-12(14(16)17)13(18-2)15-8-10/h3-8H,1-2H3,(H,16,17). The predicted molar refractivity (Wildman–Crippen MR) is 67.9 cm³/mol. The topological polar surface area (TPSA) is 59.4 Å². The van der Waals surface area contributed by atoms with Crippen LogP contribution in [-0.4, -0.2) is 23.2 Å². The number of rotatable bonds is 3. The van der Waals surface area contributed by atoms with Crippen molar-refractivity contribution in [1.82, 2.24) is 4.98 Å². The lowest BCUT2D eigenvalue weighted by atomic mass is 10.0. The van der Waals surface area contributed by atoms with Crippen molar-refractivity contribution in [3.05, 3.63) is 47.7 Å². The molecule has 0 bridgehead atoms. The summed E-state index contributed by atoms with van der Waals surface area (Å²) in [4.78, 5) is 15.2. The zero-order valence-electron chi connectivity index (χ0n) is 10.2. The van der Waals surface area contributed by atoms with Gasteiger partial charge in [-0.25, -0.2) is 9.78 Å². The first-order chi connectivity index (χ1) is 8.63. The van der Waals surface area contributed by atoms with E-state index in [1.807, 2.05) is 31.2 Å². The fraction of sp³-hybridized carbons (Fsp3) is 0.143. The van der Waals surface area contributed by atoms with E-state index in [1.165, 1.54) is 7.11 Å². The molecule has 4 heteroatoms. The van der Waals surface area contributed by atoms with Crippen LogP contribution in [0.15, 0.2) is 36.5 Å². The Morgan fingerprint density at radius 1 is 1.33 bits per heavy atom. The van der Waals surface area contributed by atoms with Crippen molar-refractivity contribution in [3.8, 4) is 17.0 Å². The van der Waals surface area contributed by atoms with Crippen molar-refractivity contribution in [2.45, 2.75) is 6.92 Å². The number of carboxylic acid groups (broad SMARTS) is 1. The molecule has 0 amide bonds. The van der Waals surface area contributed by atoms with Crippen molar-refractivity contribution in [3.63, 3.8) is 0 Å². The highest BCUT2D eigenvalue weighted by molar-refractivity contribution is 5.91. The van der Waals surface area contributed by atoms with Crippen LogP contribution in [0.25, 0.3) is 11.1 Å². The molecule has 0 saturated heterocycles. The van der Waals surface area contributed by atoms with E-state index >= 15 is 0 Å². The van der Waals surface area contributed by atoms with Gasteiger partial charge in [-0.05, 0) is 24.1 Å². The van der Waals surface area contributed by atoms with Crippen LogP contribution in [-0.2, 0) is 0 Å². The Balaban J connectivity index is 2.57. The zero-order chi connectivity index (χ0) is 13.1. The first kappa shape index (κ1) is 12.1. The molecule has 2 aromatic rings. The van der Waals surface area contributed by atoms with Crippen LogP contribution < -0.4 is 4.74 Å². The van der Waals surface area contributed by atoms with E-state index in [0.29, 0.717) is 0 Å². The summed E-state index contributed by atoms with van der Waals surface area (Å²) in [5, 5.41) is 9.12. The summed E-state index contributed by atoms with van der Waals surface area (Å²) in [6.45, 7) is 1.97. The molecule has 0 atom stereocenters. The molecular formula is C14H13NO3. The molecule has 1 N–H and O–H groups in total. The molecule has 1 heterocycles. The monoisotopic (exact) mass is 243 g/mol. The van der Waals surface area contributed by atoms with Crippen LogP contribution in [0.3, 0.4) is 0 Å². The van der Waals surface area contributed by atoms with Crippen LogP contribution in [0.2, 0.25) is 0 Å². The van der Waals surface area contributed by atoms with E-state index in [9.17, 15) is 4.79 Å². The Labute approximate surface area is 105 Å². The highest BCUT2D eigenvalue weighted by Crippen LogP contribution is 2.26. The van der Waals surface area contributed by atoms with Crippen molar-refractivity contribution >= 4 is 5.97 Å². The first-order valence-electron chi connectivity index (χ1n) is 5.47. The lowest BCUT2D eigenvalue weighted by molar-refractivity contribution is 0.0692. The molecule has 0 aliphatic heterocycles. The van der Waals surface area contributed by atoms with Gasteiger partial charge in [0.15, 0.2) is 0 Å². The molecule has 0 saturated carbocycles. The quantitative estimate of drug-likeness (QED) is 0.900. The minimum atomic E-state index is -1.05. The lowest BCUT2D eigenvalue weighted by Gasteiger charge is -2.08. The lowest BCUT2D eigenvalue weighted by Crippen LogP contribution is -2.03.